The first-order chi connectivity index (χ1) is 9.70. The molecule has 0 unspecified atom stereocenters. The molecule has 2 rings (SSSR count). The molecule has 1 heterocycles. The van der Waals surface area contributed by atoms with Gasteiger partial charge in [-0.15, -0.1) is 0 Å². The number of nitrogens with zero attached hydrogens (tertiary/aromatic N) is 1. The van der Waals surface area contributed by atoms with Gasteiger partial charge in [-0.3, -0.25) is 4.79 Å². The minimum Gasteiger partial charge on any atom is -0.462 e. The quantitative estimate of drug-likeness (QED) is 0.844. The van der Waals surface area contributed by atoms with Gasteiger partial charge in [0, 0.05) is 0 Å². The Morgan fingerprint density at radius 2 is 2.15 bits per heavy atom. The maximum Gasteiger partial charge on any atom is 0.340 e. The zero-order valence-corrected chi connectivity index (χ0v) is 11.0. The second-order valence-electron chi connectivity index (χ2n) is 3.97. The molecule has 1 aromatic heterocycles. The normalized spacial score (nSPS) is 10.1. The van der Waals surface area contributed by atoms with E-state index in [9.17, 15) is 9.59 Å². The molecule has 0 aliphatic rings. The van der Waals surface area contributed by atoms with E-state index in [4.69, 9.17) is 9.15 Å². The summed E-state index contributed by atoms with van der Waals surface area (Å²) in [6.45, 7) is 2.00. The number of rotatable bonds is 5. The van der Waals surface area contributed by atoms with Gasteiger partial charge in [0.1, 0.15) is 6.26 Å². The summed E-state index contributed by atoms with van der Waals surface area (Å²) in [5.74, 6) is -0.750. The highest BCUT2D eigenvalue weighted by molar-refractivity contribution is 6.01. The van der Waals surface area contributed by atoms with Crippen molar-refractivity contribution in [2.45, 2.75) is 13.3 Å². The standard InChI is InChI=1S/C14H14N2O4/c1-2-20-14(18)11-5-3-4-6-12(11)16-13(17)7-10-8-19-9-15-10/h3-6,8-9H,2,7H2,1H3,(H,16,17). The van der Waals surface area contributed by atoms with E-state index >= 15 is 0 Å². The van der Waals surface area contributed by atoms with Crippen molar-refractivity contribution in [3.05, 3.63) is 48.2 Å². The first-order valence-electron chi connectivity index (χ1n) is 6.13. The third-order valence-corrected chi connectivity index (χ3v) is 2.52. The second kappa shape index (κ2) is 6.51. The van der Waals surface area contributed by atoms with Crippen LogP contribution in [0.1, 0.15) is 23.0 Å². The number of anilines is 1. The van der Waals surface area contributed by atoms with E-state index in [1.54, 1.807) is 31.2 Å². The fraction of sp³-hybridized carbons (Fsp3) is 0.214. The molecule has 0 atom stereocenters. The van der Waals surface area contributed by atoms with Crippen LogP contribution >= 0.6 is 0 Å². The Kier molecular flexibility index (Phi) is 4.49. The Hall–Kier alpha value is -2.63. The van der Waals surface area contributed by atoms with Gasteiger partial charge < -0.3 is 14.5 Å². The van der Waals surface area contributed by atoms with E-state index in [0.29, 0.717) is 16.9 Å². The first-order valence-corrected chi connectivity index (χ1v) is 6.13. The average molecular weight is 274 g/mol. The highest BCUT2D eigenvalue weighted by Gasteiger charge is 2.14. The predicted molar refractivity (Wildman–Crippen MR) is 71.2 cm³/mol. The summed E-state index contributed by atoms with van der Waals surface area (Å²) in [6, 6.07) is 6.69. The van der Waals surface area contributed by atoms with E-state index in [1.807, 2.05) is 0 Å². The molecule has 1 aromatic carbocycles. The molecular formula is C14H14N2O4. The Balaban J connectivity index is 2.09. The van der Waals surface area contributed by atoms with Crippen molar-refractivity contribution >= 4 is 17.6 Å². The van der Waals surface area contributed by atoms with Crippen LogP contribution < -0.4 is 5.32 Å². The van der Waals surface area contributed by atoms with Crippen LogP contribution in [0.2, 0.25) is 0 Å². The highest BCUT2D eigenvalue weighted by Crippen LogP contribution is 2.16. The van der Waals surface area contributed by atoms with Gasteiger partial charge in [0.25, 0.3) is 0 Å². The van der Waals surface area contributed by atoms with Gasteiger partial charge in [0.2, 0.25) is 5.91 Å². The second-order valence-corrected chi connectivity index (χ2v) is 3.97. The van der Waals surface area contributed by atoms with Gasteiger partial charge in [-0.1, -0.05) is 12.1 Å². The van der Waals surface area contributed by atoms with Crippen LogP contribution in [0.3, 0.4) is 0 Å². The lowest BCUT2D eigenvalue weighted by atomic mass is 10.1. The fourth-order valence-corrected chi connectivity index (χ4v) is 1.66. The van der Waals surface area contributed by atoms with Crippen molar-refractivity contribution in [3.8, 4) is 0 Å². The molecule has 1 amide bonds. The predicted octanol–water partition coefficient (Wildman–Crippen LogP) is 2.03. The average Bonchev–Trinajstić information content (AvgIpc) is 2.92. The monoisotopic (exact) mass is 274 g/mol. The Labute approximate surface area is 115 Å². The summed E-state index contributed by atoms with van der Waals surface area (Å²) in [6.07, 6.45) is 2.74. The van der Waals surface area contributed by atoms with Crippen molar-refractivity contribution in [2.24, 2.45) is 0 Å². The van der Waals surface area contributed by atoms with E-state index < -0.39 is 5.97 Å². The molecule has 6 nitrogen and oxygen atoms in total. The molecule has 20 heavy (non-hydrogen) atoms. The lowest BCUT2D eigenvalue weighted by Crippen LogP contribution is -2.17. The SMILES string of the molecule is CCOC(=O)c1ccccc1NC(=O)Cc1cocn1. The Morgan fingerprint density at radius 3 is 2.85 bits per heavy atom. The maximum absolute atomic E-state index is 11.9. The summed E-state index contributed by atoms with van der Waals surface area (Å²) in [7, 11) is 0. The molecule has 0 fully saturated rings. The molecule has 0 saturated heterocycles. The zero-order valence-electron chi connectivity index (χ0n) is 11.0. The van der Waals surface area contributed by atoms with Crippen LogP contribution in [0.5, 0.6) is 0 Å². The van der Waals surface area contributed by atoms with E-state index in [2.05, 4.69) is 10.3 Å². The van der Waals surface area contributed by atoms with Crippen LogP contribution in [-0.2, 0) is 16.0 Å². The third kappa shape index (κ3) is 3.44. The number of carbonyl (C=O) groups excluding carboxylic acids is 2. The van der Waals surface area contributed by atoms with E-state index in [1.165, 1.54) is 12.7 Å². The maximum atomic E-state index is 11.9. The van der Waals surface area contributed by atoms with Gasteiger partial charge >= 0.3 is 5.97 Å². The van der Waals surface area contributed by atoms with Gasteiger partial charge in [-0.25, -0.2) is 9.78 Å². The van der Waals surface area contributed by atoms with Crippen molar-refractivity contribution in [1.82, 2.24) is 4.98 Å². The van der Waals surface area contributed by atoms with Crippen LogP contribution in [-0.4, -0.2) is 23.5 Å². The van der Waals surface area contributed by atoms with Gasteiger partial charge in [-0.2, -0.15) is 0 Å². The number of esters is 1. The third-order valence-electron chi connectivity index (χ3n) is 2.52. The highest BCUT2D eigenvalue weighted by atomic mass is 16.5. The molecule has 1 N–H and O–H groups in total. The van der Waals surface area contributed by atoms with Gasteiger partial charge in [-0.05, 0) is 19.1 Å². The molecule has 0 radical (unpaired) electrons. The van der Waals surface area contributed by atoms with Crippen LogP contribution in [0.25, 0.3) is 0 Å². The number of hydrogen-bond acceptors (Lipinski definition) is 5. The summed E-state index contributed by atoms with van der Waals surface area (Å²) in [5.41, 5.74) is 1.26. The lowest BCUT2D eigenvalue weighted by Gasteiger charge is -2.09. The minimum atomic E-state index is -0.468. The number of aromatic nitrogens is 1. The summed E-state index contributed by atoms with van der Waals surface area (Å²) < 4.78 is 9.73. The summed E-state index contributed by atoms with van der Waals surface area (Å²) >= 11 is 0. The molecular weight excluding hydrogens is 260 g/mol. The van der Waals surface area contributed by atoms with Crippen molar-refractivity contribution in [2.75, 3.05) is 11.9 Å². The molecule has 0 bridgehead atoms. The minimum absolute atomic E-state index is 0.0770. The number of hydrogen-bond donors (Lipinski definition) is 1. The van der Waals surface area contributed by atoms with Crippen LogP contribution in [0.4, 0.5) is 5.69 Å². The van der Waals surface area contributed by atoms with Crippen LogP contribution in [0, 0.1) is 0 Å². The molecule has 0 saturated carbocycles. The van der Waals surface area contributed by atoms with E-state index in [-0.39, 0.29) is 18.9 Å². The zero-order chi connectivity index (χ0) is 14.4. The molecule has 104 valence electrons. The molecule has 0 aliphatic carbocycles. The van der Waals surface area contributed by atoms with Gasteiger partial charge in [0.15, 0.2) is 6.39 Å². The summed E-state index contributed by atoms with van der Waals surface area (Å²) in [5, 5.41) is 2.67. The molecule has 2 aromatic rings. The Bertz CT molecular complexity index is 593. The van der Waals surface area contributed by atoms with Crippen molar-refractivity contribution in [3.63, 3.8) is 0 Å². The number of ether oxygens (including phenoxy) is 1. The van der Waals surface area contributed by atoms with Crippen molar-refractivity contribution < 1.29 is 18.7 Å². The van der Waals surface area contributed by atoms with E-state index in [0.717, 1.165) is 0 Å². The molecule has 0 aliphatic heterocycles. The van der Waals surface area contributed by atoms with Crippen molar-refractivity contribution in [1.29, 1.82) is 0 Å². The number of nitrogens with one attached hydrogen (secondary N) is 1. The van der Waals surface area contributed by atoms with Gasteiger partial charge in [0.05, 0.1) is 30.0 Å². The molecule has 0 spiro atoms. The number of benzene rings is 1. The number of carbonyl (C=O) groups is 2. The largest absolute Gasteiger partial charge is 0.462 e. The van der Waals surface area contributed by atoms with Crippen LogP contribution in [0.15, 0.2) is 41.3 Å². The number of oxazole rings is 1. The first kappa shape index (κ1) is 13.8. The lowest BCUT2D eigenvalue weighted by molar-refractivity contribution is -0.115. The Morgan fingerprint density at radius 1 is 1.35 bits per heavy atom. The fourth-order valence-electron chi connectivity index (χ4n) is 1.66. The molecule has 6 heteroatoms. The number of amides is 1. The smallest absolute Gasteiger partial charge is 0.340 e. The number of para-hydroxylation sites is 1. The topological polar surface area (TPSA) is 81.4 Å². The summed E-state index contributed by atoms with van der Waals surface area (Å²) in [4.78, 5) is 27.5.